The molecule has 4 heteroatoms. The molecule has 0 bridgehead atoms. The third kappa shape index (κ3) is 2.31. The minimum atomic E-state index is -0.910. The first-order chi connectivity index (χ1) is 11.1. The summed E-state index contributed by atoms with van der Waals surface area (Å²) in [5.41, 5.74) is 3.35. The molecular formula is C19H16FNO2. The first kappa shape index (κ1) is 14.0. The van der Waals surface area contributed by atoms with Crippen LogP contribution in [0.5, 0.6) is 0 Å². The van der Waals surface area contributed by atoms with E-state index in [-0.39, 0.29) is 17.8 Å². The number of rotatable bonds is 2. The molecule has 4 rings (SSSR count). The van der Waals surface area contributed by atoms with Crippen LogP contribution in [0, 0.1) is 11.7 Å². The molecule has 0 spiro atoms. The van der Waals surface area contributed by atoms with Gasteiger partial charge in [0.2, 0.25) is 0 Å². The molecule has 2 aliphatic rings. The van der Waals surface area contributed by atoms with Crippen LogP contribution in [0.15, 0.2) is 54.6 Å². The Labute approximate surface area is 133 Å². The van der Waals surface area contributed by atoms with E-state index in [9.17, 15) is 14.3 Å². The number of carbonyl (C=O) groups is 1. The van der Waals surface area contributed by atoms with E-state index in [0.717, 1.165) is 23.2 Å². The normalized spacial score (nSPS) is 24.7. The standard InChI is InChI=1S/C19H16FNO2/c20-13-7-4-11(5-8-13)18-15-3-1-2-14(15)16-10-12(19(22)23)6-9-17(16)21-18/h1-2,4-10,14-15,18,21H,3H2,(H,22,23)/t14-,15+,18-/m0/s1. The summed E-state index contributed by atoms with van der Waals surface area (Å²) < 4.78 is 13.2. The molecule has 1 aliphatic heterocycles. The van der Waals surface area contributed by atoms with Crippen molar-refractivity contribution in [2.75, 3.05) is 5.32 Å². The van der Waals surface area contributed by atoms with Crippen LogP contribution in [-0.4, -0.2) is 11.1 Å². The molecule has 0 fully saturated rings. The molecule has 2 aromatic carbocycles. The van der Waals surface area contributed by atoms with Gasteiger partial charge in [-0.05, 0) is 53.8 Å². The Hall–Kier alpha value is -2.62. The summed E-state index contributed by atoms with van der Waals surface area (Å²) >= 11 is 0. The van der Waals surface area contributed by atoms with Crippen molar-refractivity contribution in [1.82, 2.24) is 0 Å². The molecular weight excluding hydrogens is 293 g/mol. The van der Waals surface area contributed by atoms with Gasteiger partial charge >= 0.3 is 5.97 Å². The van der Waals surface area contributed by atoms with E-state index >= 15 is 0 Å². The van der Waals surface area contributed by atoms with E-state index in [1.54, 1.807) is 12.1 Å². The maximum Gasteiger partial charge on any atom is 0.335 e. The number of hydrogen-bond donors (Lipinski definition) is 2. The number of halogens is 1. The average molecular weight is 309 g/mol. The topological polar surface area (TPSA) is 49.3 Å². The van der Waals surface area contributed by atoms with E-state index in [1.807, 2.05) is 18.2 Å². The number of carboxylic acids is 1. The van der Waals surface area contributed by atoms with Gasteiger partial charge in [-0.25, -0.2) is 9.18 Å². The third-order valence-corrected chi connectivity index (χ3v) is 4.84. The van der Waals surface area contributed by atoms with Crippen LogP contribution in [0.3, 0.4) is 0 Å². The van der Waals surface area contributed by atoms with Gasteiger partial charge in [-0.1, -0.05) is 24.3 Å². The lowest BCUT2D eigenvalue weighted by Crippen LogP contribution is -2.29. The van der Waals surface area contributed by atoms with Crippen molar-refractivity contribution in [3.05, 3.63) is 77.1 Å². The summed E-state index contributed by atoms with van der Waals surface area (Å²) in [4.78, 5) is 11.2. The molecule has 3 nitrogen and oxygen atoms in total. The number of aromatic carboxylic acids is 1. The van der Waals surface area contributed by atoms with E-state index in [4.69, 9.17) is 0 Å². The van der Waals surface area contributed by atoms with Crippen molar-refractivity contribution in [2.45, 2.75) is 18.4 Å². The molecule has 0 radical (unpaired) electrons. The van der Waals surface area contributed by atoms with Crippen LogP contribution in [-0.2, 0) is 0 Å². The summed E-state index contributed by atoms with van der Waals surface area (Å²) in [7, 11) is 0. The zero-order valence-corrected chi connectivity index (χ0v) is 12.4. The van der Waals surface area contributed by atoms with E-state index in [1.165, 1.54) is 12.1 Å². The summed E-state index contributed by atoms with van der Waals surface area (Å²) in [6, 6.07) is 11.9. The second-order valence-electron chi connectivity index (χ2n) is 6.13. The predicted molar refractivity (Wildman–Crippen MR) is 86.2 cm³/mol. The second-order valence-corrected chi connectivity index (χ2v) is 6.13. The Morgan fingerprint density at radius 1 is 1.17 bits per heavy atom. The van der Waals surface area contributed by atoms with Crippen molar-refractivity contribution < 1.29 is 14.3 Å². The van der Waals surface area contributed by atoms with E-state index < -0.39 is 5.97 Å². The van der Waals surface area contributed by atoms with E-state index in [0.29, 0.717) is 11.5 Å². The summed E-state index contributed by atoms with van der Waals surface area (Å²) in [5.74, 6) is -0.637. The third-order valence-electron chi connectivity index (χ3n) is 4.84. The molecule has 0 aromatic heterocycles. The molecule has 0 amide bonds. The molecule has 2 aromatic rings. The quantitative estimate of drug-likeness (QED) is 0.811. The van der Waals surface area contributed by atoms with Crippen molar-refractivity contribution in [2.24, 2.45) is 5.92 Å². The first-order valence-electron chi connectivity index (χ1n) is 7.69. The van der Waals surface area contributed by atoms with Crippen LogP contribution < -0.4 is 5.32 Å². The van der Waals surface area contributed by atoms with E-state index in [2.05, 4.69) is 17.5 Å². The highest BCUT2D eigenvalue weighted by molar-refractivity contribution is 5.89. The van der Waals surface area contributed by atoms with Gasteiger partial charge in [0.15, 0.2) is 0 Å². The van der Waals surface area contributed by atoms with Gasteiger partial charge in [0.05, 0.1) is 11.6 Å². The Morgan fingerprint density at radius 3 is 2.70 bits per heavy atom. The monoisotopic (exact) mass is 309 g/mol. The maximum atomic E-state index is 13.2. The summed E-state index contributed by atoms with van der Waals surface area (Å²) in [6.07, 6.45) is 5.24. The number of carboxylic acid groups (broad SMARTS) is 1. The Morgan fingerprint density at radius 2 is 1.96 bits per heavy atom. The summed E-state index contributed by atoms with van der Waals surface area (Å²) in [5, 5.41) is 12.7. The van der Waals surface area contributed by atoms with Crippen molar-refractivity contribution in [3.63, 3.8) is 0 Å². The highest BCUT2D eigenvalue weighted by atomic mass is 19.1. The van der Waals surface area contributed by atoms with Crippen LogP contribution in [0.2, 0.25) is 0 Å². The molecule has 0 saturated heterocycles. The Bertz CT molecular complexity index is 798. The van der Waals surface area contributed by atoms with Crippen LogP contribution in [0.1, 0.15) is 39.9 Å². The number of hydrogen-bond acceptors (Lipinski definition) is 2. The van der Waals surface area contributed by atoms with Crippen molar-refractivity contribution in [1.29, 1.82) is 0 Å². The van der Waals surface area contributed by atoms with Gasteiger partial charge < -0.3 is 10.4 Å². The van der Waals surface area contributed by atoms with Crippen molar-refractivity contribution in [3.8, 4) is 0 Å². The number of benzene rings is 2. The fourth-order valence-corrected chi connectivity index (χ4v) is 3.73. The van der Waals surface area contributed by atoms with Crippen LogP contribution in [0.4, 0.5) is 10.1 Å². The van der Waals surface area contributed by atoms with Gasteiger partial charge in [-0.15, -0.1) is 0 Å². The second kappa shape index (κ2) is 5.23. The molecule has 0 saturated carbocycles. The molecule has 0 unspecified atom stereocenters. The number of fused-ring (bicyclic) bond motifs is 3. The smallest absolute Gasteiger partial charge is 0.335 e. The van der Waals surface area contributed by atoms with Gasteiger partial charge in [-0.3, -0.25) is 0 Å². The zero-order valence-electron chi connectivity index (χ0n) is 12.4. The number of anilines is 1. The molecule has 116 valence electrons. The van der Waals surface area contributed by atoms with Crippen LogP contribution >= 0.6 is 0 Å². The molecule has 23 heavy (non-hydrogen) atoms. The van der Waals surface area contributed by atoms with Gasteiger partial charge in [-0.2, -0.15) is 0 Å². The lowest BCUT2D eigenvalue weighted by Gasteiger charge is -2.37. The van der Waals surface area contributed by atoms with Gasteiger partial charge in [0.1, 0.15) is 5.82 Å². The maximum absolute atomic E-state index is 13.2. The zero-order chi connectivity index (χ0) is 16.0. The molecule has 2 N–H and O–H groups in total. The molecule has 1 heterocycles. The lowest BCUT2D eigenvalue weighted by molar-refractivity contribution is 0.0696. The average Bonchev–Trinajstić information content (AvgIpc) is 3.04. The SMILES string of the molecule is O=C(O)c1ccc2c(c1)[C@H]1C=CC[C@H]1[C@H](c1ccc(F)cc1)N2. The molecule has 3 atom stereocenters. The Kier molecular flexibility index (Phi) is 3.18. The van der Waals surface area contributed by atoms with Gasteiger partial charge in [0, 0.05) is 11.6 Å². The predicted octanol–water partition coefficient (Wildman–Crippen LogP) is 4.35. The Balaban J connectivity index is 1.77. The first-order valence-corrected chi connectivity index (χ1v) is 7.69. The molecule has 1 aliphatic carbocycles. The largest absolute Gasteiger partial charge is 0.478 e. The number of nitrogens with one attached hydrogen (secondary N) is 1. The minimum absolute atomic E-state index is 0.0961. The van der Waals surface area contributed by atoms with Crippen LogP contribution in [0.25, 0.3) is 0 Å². The number of allylic oxidation sites excluding steroid dienone is 2. The minimum Gasteiger partial charge on any atom is -0.478 e. The highest BCUT2D eigenvalue weighted by Crippen LogP contribution is 2.49. The highest BCUT2D eigenvalue weighted by Gasteiger charge is 2.38. The fourth-order valence-electron chi connectivity index (χ4n) is 3.73. The fraction of sp³-hybridized carbons (Fsp3) is 0.211. The lowest BCUT2D eigenvalue weighted by atomic mass is 9.76. The summed E-state index contributed by atoms with van der Waals surface area (Å²) in [6.45, 7) is 0. The van der Waals surface area contributed by atoms with Gasteiger partial charge in [0.25, 0.3) is 0 Å². The van der Waals surface area contributed by atoms with Crippen molar-refractivity contribution >= 4 is 11.7 Å².